The average molecular weight is 334 g/mol. The van der Waals surface area contributed by atoms with E-state index in [1.54, 1.807) is 32.6 Å². The zero-order chi connectivity index (χ0) is 17.9. The van der Waals surface area contributed by atoms with Crippen LogP contribution in [0.5, 0.6) is 0 Å². The van der Waals surface area contributed by atoms with E-state index in [9.17, 15) is 14.7 Å². The standard InChI is InChI=1S/C18H26N2O4/c1-13-16(22)20(15(12-21)14-8-6-5-7-9-14)11-10-19(13)17(23)24-18(2,3)4/h5-9,13,15,21H,10-12H2,1-4H3/t13-,15+/m1/s1. The molecule has 1 aliphatic heterocycles. The molecule has 1 aromatic carbocycles. The minimum absolute atomic E-state index is 0.158. The zero-order valence-electron chi connectivity index (χ0n) is 14.7. The van der Waals surface area contributed by atoms with Crippen molar-refractivity contribution in [2.45, 2.75) is 45.4 Å². The highest BCUT2D eigenvalue weighted by Crippen LogP contribution is 2.25. The molecule has 1 saturated heterocycles. The summed E-state index contributed by atoms with van der Waals surface area (Å²) in [6, 6.07) is 8.40. The van der Waals surface area contributed by atoms with Gasteiger partial charge in [0.1, 0.15) is 11.6 Å². The van der Waals surface area contributed by atoms with Crippen LogP contribution in [-0.4, -0.2) is 58.2 Å². The molecular formula is C18H26N2O4. The molecule has 1 N–H and O–H groups in total. The lowest BCUT2D eigenvalue weighted by Gasteiger charge is -2.42. The van der Waals surface area contributed by atoms with E-state index in [0.29, 0.717) is 13.1 Å². The van der Waals surface area contributed by atoms with Crippen molar-refractivity contribution >= 4 is 12.0 Å². The van der Waals surface area contributed by atoms with Gasteiger partial charge in [0.2, 0.25) is 5.91 Å². The van der Waals surface area contributed by atoms with Gasteiger partial charge in [0, 0.05) is 13.1 Å². The summed E-state index contributed by atoms with van der Waals surface area (Å²) in [5.74, 6) is -0.185. The number of amides is 2. The van der Waals surface area contributed by atoms with E-state index in [2.05, 4.69) is 0 Å². The Morgan fingerprint density at radius 3 is 2.46 bits per heavy atom. The topological polar surface area (TPSA) is 70.1 Å². The van der Waals surface area contributed by atoms with Gasteiger partial charge in [0.25, 0.3) is 0 Å². The van der Waals surface area contributed by atoms with Gasteiger partial charge in [-0.3, -0.25) is 9.69 Å². The number of hydrogen-bond donors (Lipinski definition) is 1. The van der Waals surface area contributed by atoms with Gasteiger partial charge < -0.3 is 14.7 Å². The predicted octanol–water partition coefficient (Wildman–Crippen LogP) is 2.19. The summed E-state index contributed by atoms with van der Waals surface area (Å²) in [5.41, 5.74) is 0.278. The first-order valence-electron chi connectivity index (χ1n) is 8.20. The van der Waals surface area contributed by atoms with Crippen LogP contribution in [0, 0.1) is 0 Å². The Hall–Kier alpha value is -2.08. The van der Waals surface area contributed by atoms with Crippen LogP contribution in [0.1, 0.15) is 39.3 Å². The van der Waals surface area contributed by atoms with Gasteiger partial charge in [0.15, 0.2) is 0 Å². The SMILES string of the molecule is C[C@@H]1C(=O)N([C@@H](CO)c2ccccc2)CCN1C(=O)OC(C)(C)C. The van der Waals surface area contributed by atoms with Crippen molar-refractivity contribution in [1.82, 2.24) is 9.80 Å². The minimum Gasteiger partial charge on any atom is -0.444 e. The fourth-order valence-electron chi connectivity index (χ4n) is 2.83. The number of benzene rings is 1. The predicted molar refractivity (Wildman–Crippen MR) is 90.4 cm³/mol. The highest BCUT2D eigenvalue weighted by atomic mass is 16.6. The van der Waals surface area contributed by atoms with Gasteiger partial charge in [-0.2, -0.15) is 0 Å². The van der Waals surface area contributed by atoms with Gasteiger partial charge >= 0.3 is 6.09 Å². The van der Waals surface area contributed by atoms with Crippen LogP contribution in [0.2, 0.25) is 0 Å². The largest absolute Gasteiger partial charge is 0.444 e. The normalized spacial score (nSPS) is 20.0. The van der Waals surface area contributed by atoms with Crippen LogP contribution in [0.4, 0.5) is 4.79 Å². The quantitative estimate of drug-likeness (QED) is 0.920. The number of rotatable bonds is 3. The minimum atomic E-state index is -0.619. The van der Waals surface area contributed by atoms with Gasteiger partial charge in [0.05, 0.1) is 12.6 Å². The Balaban J connectivity index is 2.13. The highest BCUT2D eigenvalue weighted by molar-refractivity contribution is 5.87. The second-order valence-corrected chi connectivity index (χ2v) is 6.99. The maximum Gasteiger partial charge on any atom is 0.411 e. The van der Waals surface area contributed by atoms with Crippen molar-refractivity contribution in [3.05, 3.63) is 35.9 Å². The summed E-state index contributed by atoms with van der Waals surface area (Å²) in [5, 5.41) is 9.76. The Labute approximate surface area is 143 Å². The van der Waals surface area contributed by atoms with Gasteiger partial charge in [-0.15, -0.1) is 0 Å². The van der Waals surface area contributed by atoms with Crippen molar-refractivity contribution in [3.63, 3.8) is 0 Å². The van der Waals surface area contributed by atoms with Gasteiger partial charge in [-0.05, 0) is 33.3 Å². The van der Waals surface area contributed by atoms with E-state index in [0.717, 1.165) is 5.56 Å². The summed E-state index contributed by atoms with van der Waals surface area (Å²) in [6.45, 7) is 7.67. The van der Waals surface area contributed by atoms with Crippen molar-refractivity contribution in [1.29, 1.82) is 0 Å². The van der Waals surface area contributed by atoms with E-state index in [1.165, 1.54) is 4.90 Å². The number of aliphatic hydroxyl groups excluding tert-OH is 1. The number of ether oxygens (including phenoxy) is 1. The molecule has 0 aromatic heterocycles. The molecule has 132 valence electrons. The third kappa shape index (κ3) is 4.06. The third-order valence-electron chi connectivity index (χ3n) is 4.05. The third-order valence-corrected chi connectivity index (χ3v) is 4.05. The second kappa shape index (κ2) is 7.21. The number of carbonyl (C=O) groups is 2. The molecule has 6 heteroatoms. The number of hydrogen-bond acceptors (Lipinski definition) is 4. The van der Waals surface area contributed by atoms with Crippen molar-refractivity contribution in [2.75, 3.05) is 19.7 Å². The summed E-state index contributed by atoms with van der Waals surface area (Å²) >= 11 is 0. The molecular weight excluding hydrogens is 308 g/mol. The molecule has 0 radical (unpaired) electrons. The lowest BCUT2D eigenvalue weighted by molar-refractivity contribution is -0.144. The first kappa shape index (κ1) is 18.3. The van der Waals surface area contributed by atoms with E-state index in [-0.39, 0.29) is 12.5 Å². The van der Waals surface area contributed by atoms with Crippen LogP contribution in [-0.2, 0) is 9.53 Å². The molecule has 0 saturated carbocycles. The lowest BCUT2D eigenvalue weighted by atomic mass is 10.0. The Morgan fingerprint density at radius 1 is 1.29 bits per heavy atom. The molecule has 2 atom stereocenters. The van der Waals surface area contributed by atoms with Crippen LogP contribution < -0.4 is 0 Å². The van der Waals surface area contributed by atoms with Crippen LogP contribution >= 0.6 is 0 Å². The molecule has 1 heterocycles. The Kier molecular flexibility index (Phi) is 5.49. The summed E-state index contributed by atoms with van der Waals surface area (Å²) < 4.78 is 5.37. The molecule has 1 aromatic rings. The van der Waals surface area contributed by atoms with Crippen LogP contribution in [0.25, 0.3) is 0 Å². The number of nitrogens with zero attached hydrogens (tertiary/aromatic N) is 2. The first-order chi connectivity index (χ1) is 11.2. The monoisotopic (exact) mass is 334 g/mol. The second-order valence-electron chi connectivity index (χ2n) is 6.99. The maximum atomic E-state index is 12.7. The van der Waals surface area contributed by atoms with Gasteiger partial charge in [-0.1, -0.05) is 30.3 Å². The maximum absolute atomic E-state index is 12.7. The molecule has 0 bridgehead atoms. The summed E-state index contributed by atoms with van der Waals surface area (Å²) in [7, 11) is 0. The molecule has 6 nitrogen and oxygen atoms in total. The summed E-state index contributed by atoms with van der Waals surface area (Å²) in [4.78, 5) is 28.1. The zero-order valence-corrected chi connectivity index (χ0v) is 14.7. The smallest absolute Gasteiger partial charge is 0.411 e. The first-order valence-corrected chi connectivity index (χ1v) is 8.20. The summed E-state index contributed by atoms with van der Waals surface area (Å²) in [6.07, 6.45) is -0.483. The number of piperazine rings is 1. The Bertz CT molecular complexity index is 582. The average Bonchev–Trinajstić information content (AvgIpc) is 2.51. The van der Waals surface area contributed by atoms with E-state index >= 15 is 0 Å². The Morgan fingerprint density at radius 2 is 1.92 bits per heavy atom. The van der Waals surface area contributed by atoms with E-state index in [4.69, 9.17) is 4.74 Å². The molecule has 0 aliphatic carbocycles. The molecule has 1 fully saturated rings. The molecule has 2 amide bonds. The highest BCUT2D eigenvalue weighted by Gasteiger charge is 2.39. The van der Waals surface area contributed by atoms with Crippen molar-refractivity contribution in [3.8, 4) is 0 Å². The fourth-order valence-corrected chi connectivity index (χ4v) is 2.83. The number of carbonyl (C=O) groups excluding carboxylic acids is 2. The molecule has 24 heavy (non-hydrogen) atoms. The fraction of sp³-hybridized carbons (Fsp3) is 0.556. The molecule has 0 spiro atoms. The molecule has 2 rings (SSSR count). The van der Waals surface area contributed by atoms with Crippen LogP contribution in [0.3, 0.4) is 0 Å². The lowest BCUT2D eigenvalue weighted by Crippen LogP contribution is -2.59. The van der Waals surface area contributed by atoms with Crippen LogP contribution in [0.15, 0.2) is 30.3 Å². The van der Waals surface area contributed by atoms with E-state index in [1.807, 2.05) is 30.3 Å². The molecule has 1 aliphatic rings. The molecule has 0 unspecified atom stereocenters. The van der Waals surface area contributed by atoms with E-state index < -0.39 is 23.8 Å². The van der Waals surface area contributed by atoms with Crippen molar-refractivity contribution < 1.29 is 19.4 Å². The van der Waals surface area contributed by atoms with Crippen molar-refractivity contribution in [2.24, 2.45) is 0 Å². The number of aliphatic hydroxyl groups is 1. The van der Waals surface area contributed by atoms with Gasteiger partial charge in [-0.25, -0.2) is 4.79 Å².